The van der Waals surface area contributed by atoms with Crippen LogP contribution in [0.5, 0.6) is 5.88 Å². The minimum Gasteiger partial charge on any atom is -0.475 e. The summed E-state index contributed by atoms with van der Waals surface area (Å²) in [6.45, 7) is 0.172. The normalized spacial score (nSPS) is 11.4. The van der Waals surface area contributed by atoms with Crippen LogP contribution in [0.4, 0.5) is 24.5 Å². The lowest BCUT2D eigenvalue weighted by molar-refractivity contribution is -0.385. The number of hydrogen-bond donors (Lipinski definition) is 1. The molecule has 0 saturated carbocycles. The second-order valence-electron chi connectivity index (χ2n) is 6.47. The van der Waals surface area contributed by atoms with Gasteiger partial charge in [-0.1, -0.05) is 12.1 Å². The Hall–Kier alpha value is -3.90. The van der Waals surface area contributed by atoms with Gasteiger partial charge in [-0.05, 0) is 17.7 Å². The molecule has 10 nitrogen and oxygen atoms in total. The van der Waals surface area contributed by atoms with E-state index in [0.29, 0.717) is 11.3 Å². The van der Waals surface area contributed by atoms with Gasteiger partial charge >= 0.3 is 17.7 Å². The summed E-state index contributed by atoms with van der Waals surface area (Å²) < 4.78 is 45.9. The number of nitrogens with zero attached hydrogens (tertiary/aromatic N) is 5. The Labute approximate surface area is 173 Å². The third-order valence-electron chi connectivity index (χ3n) is 4.18. The summed E-state index contributed by atoms with van der Waals surface area (Å²) >= 11 is 0. The largest absolute Gasteiger partial charge is 0.475 e. The lowest BCUT2D eigenvalue weighted by Crippen LogP contribution is -2.14. The van der Waals surface area contributed by atoms with Gasteiger partial charge < -0.3 is 10.1 Å². The Kier molecular flexibility index (Phi) is 6.22. The molecule has 0 aliphatic carbocycles. The van der Waals surface area contributed by atoms with Gasteiger partial charge in [0.1, 0.15) is 6.20 Å². The highest BCUT2D eigenvalue weighted by Gasteiger charge is 2.30. The summed E-state index contributed by atoms with van der Waals surface area (Å²) in [5, 5.41) is 21.4. The third-order valence-corrected chi connectivity index (χ3v) is 4.18. The van der Waals surface area contributed by atoms with E-state index in [1.807, 2.05) is 0 Å². The van der Waals surface area contributed by atoms with E-state index in [0.717, 1.165) is 12.1 Å². The lowest BCUT2D eigenvalue weighted by Gasteiger charge is -2.08. The molecule has 13 heteroatoms. The van der Waals surface area contributed by atoms with E-state index in [1.54, 1.807) is 6.07 Å². The van der Waals surface area contributed by atoms with Crippen LogP contribution in [0.15, 0.2) is 42.9 Å². The van der Waals surface area contributed by atoms with Crippen molar-refractivity contribution < 1.29 is 27.6 Å². The number of ether oxygens (including phenoxy) is 1. The SMILES string of the molecule is COc1nn(CCC(=O)Nc2cnn(Cc3cccc(C(F)(F)F)c3)c2)cc1[N+](=O)[O-]. The smallest absolute Gasteiger partial charge is 0.416 e. The lowest BCUT2D eigenvalue weighted by atomic mass is 10.1. The average molecular weight is 438 g/mol. The molecule has 164 valence electrons. The molecule has 1 aromatic carbocycles. The van der Waals surface area contributed by atoms with Crippen molar-refractivity contribution in [3.8, 4) is 5.88 Å². The van der Waals surface area contributed by atoms with Crippen LogP contribution in [0, 0.1) is 10.1 Å². The summed E-state index contributed by atoms with van der Waals surface area (Å²) in [6, 6.07) is 4.89. The first kappa shape index (κ1) is 21.8. The molecule has 0 aliphatic heterocycles. The number of nitro groups is 1. The van der Waals surface area contributed by atoms with E-state index >= 15 is 0 Å². The van der Waals surface area contributed by atoms with Crippen LogP contribution in [0.2, 0.25) is 0 Å². The molecule has 0 spiro atoms. The molecule has 3 rings (SSSR count). The fraction of sp³-hybridized carbons (Fsp3) is 0.278. The molecule has 1 amide bonds. The molecule has 31 heavy (non-hydrogen) atoms. The van der Waals surface area contributed by atoms with Crippen molar-refractivity contribution in [1.29, 1.82) is 0 Å². The number of carbonyl (C=O) groups is 1. The van der Waals surface area contributed by atoms with Gasteiger partial charge in [-0.2, -0.15) is 18.3 Å². The van der Waals surface area contributed by atoms with Crippen LogP contribution in [0.3, 0.4) is 0 Å². The number of amides is 1. The molecule has 0 unspecified atom stereocenters. The van der Waals surface area contributed by atoms with E-state index < -0.39 is 22.6 Å². The van der Waals surface area contributed by atoms with Crippen molar-refractivity contribution in [2.24, 2.45) is 0 Å². The molecule has 0 bridgehead atoms. The van der Waals surface area contributed by atoms with Gasteiger partial charge in [-0.3, -0.25) is 24.3 Å². The zero-order valence-corrected chi connectivity index (χ0v) is 16.2. The van der Waals surface area contributed by atoms with E-state index in [-0.39, 0.29) is 31.1 Å². The van der Waals surface area contributed by atoms with Gasteiger partial charge in [0, 0.05) is 12.6 Å². The molecule has 0 fully saturated rings. The predicted molar refractivity (Wildman–Crippen MR) is 101 cm³/mol. The molecular formula is C18H17F3N6O4. The Bertz CT molecular complexity index is 1090. The molecule has 0 aliphatic rings. The number of hydrogen-bond acceptors (Lipinski definition) is 6. The molecule has 1 N–H and O–H groups in total. The number of anilines is 1. The maximum absolute atomic E-state index is 12.8. The van der Waals surface area contributed by atoms with E-state index in [2.05, 4.69) is 15.5 Å². The summed E-state index contributed by atoms with van der Waals surface area (Å²) in [7, 11) is 1.25. The number of rotatable bonds is 8. The number of carbonyl (C=O) groups excluding carboxylic acids is 1. The third kappa shape index (κ3) is 5.58. The van der Waals surface area contributed by atoms with Gasteiger partial charge in [0.2, 0.25) is 5.91 Å². The Balaban J connectivity index is 1.56. The van der Waals surface area contributed by atoms with Gasteiger partial charge in [-0.25, -0.2) is 0 Å². The number of methoxy groups -OCH3 is 1. The minimum absolute atomic E-state index is 0.0270. The maximum Gasteiger partial charge on any atom is 0.416 e. The molecule has 0 saturated heterocycles. The number of alkyl halides is 3. The van der Waals surface area contributed by atoms with Crippen molar-refractivity contribution in [3.05, 3.63) is 64.1 Å². The van der Waals surface area contributed by atoms with E-state index in [4.69, 9.17) is 4.74 Å². The minimum atomic E-state index is -4.43. The Morgan fingerprint density at radius 1 is 1.29 bits per heavy atom. The second kappa shape index (κ2) is 8.85. The Morgan fingerprint density at radius 2 is 2.06 bits per heavy atom. The molecule has 0 radical (unpaired) electrons. The molecule has 3 aromatic rings. The second-order valence-corrected chi connectivity index (χ2v) is 6.47. The zero-order valence-electron chi connectivity index (χ0n) is 16.2. The molecule has 0 atom stereocenters. The van der Waals surface area contributed by atoms with Crippen LogP contribution in [-0.4, -0.2) is 37.5 Å². The van der Waals surface area contributed by atoms with E-state index in [1.165, 1.54) is 41.1 Å². The highest BCUT2D eigenvalue weighted by atomic mass is 19.4. The Morgan fingerprint density at radius 3 is 2.71 bits per heavy atom. The predicted octanol–water partition coefficient (Wildman–Crippen LogP) is 3.09. The first-order valence-corrected chi connectivity index (χ1v) is 8.90. The number of aromatic nitrogens is 4. The van der Waals surface area contributed by atoms with Gasteiger partial charge in [-0.15, -0.1) is 5.10 Å². The topological polar surface area (TPSA) is 117 Å². The van der Waals surface area contributed by atoms with Crippen molar-refractivity contribution >= 4 is 17.3 Å². The van der Waals surface area contributed by atoms with Crippen molar-refractivity contribution in [2.45, 2.75) is 25.7 Å². The zero-order chi connectivity index (χ0) is 22.6. The van der Waals surface area contributed by atoms with Crippen LogP contribution >= 0.6 is 0 Å². The molecule has 2 aromatic heterocycles. The molecule has 2 heterocycles. The summed E-state index contributed by atoms with van der Waals surface area (Å²) in [6.07, 6.45) is -0.439. The maximum atomic E-state index is 12.8. The highest BCUT2D eigenvalue weighted by Crippen LogP contribution is 2.29. The highest BCUT2D eigenvalue weighted by molar-refractivity contribution is 5.90. The van der Waals surface area contributed by atoms with Gasteiger partial charge in [0.15, 0.2) is 0 Å². The van der Waals surface area contributed by atoms with Crippen LogP contribution in [0.25, 0.3) is 0 Å². The van der Waals surface area contributed by atoms with E-state index in [9.17, 15) is 28.1 Å². The van der Waals surface area contributed by atoms with Crippen molar-refractivity contribution in [2.75, 3.05) is 12.4 Å². The number of benzene rings is 1. The van der Waals surface area contributed by atoms with Gasteiger partial charge in [0.05, 0.1) is 42.6 Å². The van der Waals surface area contributed by atoms with Crippen LogP contribution in [-0.2, 0) is 24.1 Å². The average Bonchev–Trinajstić information content (AvgIpc) is 3.32. The standard InChI is InChI=1S/C18H17F3N6O4/c1-31-17-15(27(29)30)11-25(24-17)6-5-16(28)23-14-8-22-26(10-14)9-12-3-2-4-13(7-12)18(19,20)21/h2-4,7-8,10-11H,5-6,9H2,1H3,(H,23,28). The first-order chi connectivity index (χ1) is 14.7. The van der Waals surface area contributed by atoms with Crippen molar-refractivity contribution in [3.63, 3.8) is 0 Å². The fourth-order valence-electron chi connectivity index (χ4n) is 2.77. The number of aryl methyl sites for hydroxylation is 1. The number of nitrogens with one attached hydrogen (secondary N) is 1. The quantitative estimate of drug-likeness (QED) is 0.427. The monoisotopic (exact) mass is 438 g/mol. The first-order valence-electron chi connectivity index (χ1n) is 8.90. The van der Waals surface area contributed by atoms with Crippen molar-refractivity contribution in [1.82, 2.24) is 19.6 Å². The fourth-order valence-corrected chi connectivity index (χ4v) is 2.77. The summed E-state index contributed by atoms with van der Waals surface area (Å²) in [5.41, 5.74) is -0.286. The number of halogens is 3. The molecular weight excluding hydrogens is 421 g/mol. The van der Waals surface area contributed by atoms with Crippen LogP contribution in [0.1, 0.15) is 17.5 Å². The summed E-state index contributed by atoms with van der Waals surface area (Å²) in [5.74, 6) is -0.544. The van der Waals surface area contributed by atoms with Gasteiger partial charge in [0.25, 0.3) is 0 Å². The summed E-state index contributed by atoms with van der Waals surface area (Å²) in [4.78, 5) is 22.4. The van der Waals surface area contributed by atoms with Crippen LogP contribution < -0.4 is 10.1 Å².